The Morgan fingerprint density at radius 2 is 1.67 bits per heavy atom. The molecule has 0 heterocycles. The minimum absolute atomic E-state index is 0.217. The van der Waals surface area contributed by atoms with Gasteiger partial charge in [0.1, 0.15) is 5.75 Å². The van der Waals surface area contributed by atoms with Gasteiger partial charge in [-0.05, 0) is 37.6 Å². The second-order valence-corrected chi connectivity index (χ2v) is 5.22. The van der Waals surface area contributed by atoms with Crippen molar-refractivity contribution >= 4 is 17.5 Å². The molecule has 5 nitrogen and oxygen atoms in total. The maximum Gasteiger partial charge on any atom is 0.265 e. The Labute approximate surface area is 142 Å². The molecular formula is C19H22N2O3. The normalized spacial score (nSPS) is 11.4. The predicted molar refractivity (Wildman–Crippen MR) is 94.2 cm³/mol. The molecule has 0 bridgehead atoms. The van der Waals surface area contributed by atoms with Gasteiger partial charge >= 0.3 is 0 Å². The molecule has 2 amide bonds. The summed E-state index contributed by atoms with van der Waals surface area (Å²) in [6, 6.07) is 16.1. The highest BCUT2D eigenvalue weighted by molar-refractivity contribution is 6.04. The topological polar surface area (TPSA) is 67.4 Å². The smallest absolute Gasteiger partial charge is 0.265 e. The summed E-state index contributed by atoms with van der Waals surface area (Å²) in [6.45, 7) is 4.25. The molecule has 2 rings (SSSR count). The maximum atomic E-state index is 12.5. The summed E-state index contributed by atoms with van der Waals surface area (Å²) >= 11 is 0. The van der Waals surface area contributed by atoms with E-state index in [1.165, 1.54) is 0 Å². The van der Waals surface area contributed by atoms with Gasteiger partial charge in [-0.3, -0.25) is 9.59 Å². The fraction of sp³-hybridized carbons (Fsp3) is 0.263. The molecule has 0 aromatic heterocycles. The van der Waals surface area contributed by atoms with Gasteiger partial charge < -0.3 is 15.4 Å². The van der Waals surface area contributed by atoms with Crippen molar-refractivity contribution in [2.24, 2.45) is 0 Å². The molecule has 2 aromatic carbocycles. The highest BCUT2D eigenvalue weighted by atomic mass is 16.5. The number of rotatable bonds is 7. The van der Waals surface area contributed by atoms with Gasteiger partial charge in [-0.15, -0.1) is 0 Å². The third-order valence-electron chi connectivity index (χ3n) is 3.45. The lowest BCUT2D eigenvalue weighted by Crippen LogP contribution is -2.33. The number of nitrogens with one attached hydrogen (secondary N) is 2. The standard InChI is InChI=1S/C19H22N2O3/c1-3-17(24-14-10-6-5-7-11-14)19(23)21-16-13-9-8-12-15(16)18(22)20-4-2/h5-13,17H,3-4H2,1-2H3,(H,20,22)(H,21,23). The van der Waals surface area contributed by atoms with E-state index >= 15 is 0 Å². The monoisotopic (exact) mass is 326 g/mol. The van der Waals surface area contributed by atoms with Gasteiger partial charge in [-0.25, -0.2) is 0 Å². The number of hydrogen-bond donors (Lipinski definition) is 2. The molecule has 2 N–H and O–H groups in total. The summed E-state index contributed by atoms with van der Waals surface area (Å²) in [7, 11) is 0. The molecule has 0 fully saturated rings. The molecule has 1 atom stereocenters. The lowest BCUT2D eigenvalue weighted by Gasteiger charge is -2.18. The number of para-hydroxylation sites is 2. The van der Waals surface area contributed by atoms with Crippen LogP contribution in [0.5, 0.6) is 5.75 Å². The zero-order chi connectivity index (χ0) is 17.4. The van der Waals surface area contributed by atoms with Crippen molar-refractivity contribution in [1.82, 2.24) is 5.32 Å². The summed E-state index contributed by atoms with van der Waals surface area (Å²) in [5.41, 5.74) is 0.908. The van der Waals surface area contributed by atoms with E-state index in [0.29, 0.717) is 30.0 Å². The minimum Gasteiger partial charge on any atom is -0.481 e. The quantitative estimate of drug-likeness (QED) is 0.821. The second-order valence-electron chi connectivity index (χ2n) is 5.22. The molecule has 0 spiro atoms. The Hall–Kier alpha value is -2.82. The molecule has 126 valence electrons. The third kappa shape index (κ3) is 4.59. The van der Waals surface area contributed by atoms with Crippen LogP contribution < -0.4 is 15.4 Å². The summed E-state index contributed by atoms with van der Waals surface area (Å²) < 4.78 is 5.73. The molecule has 1 unspecified atom stereocenters. The first-order chi connectivity index (χ1) is 11.7. The molecule has 0 radical (unpaired) electrons. The van der Waals surface area contributed by atoms with Crippen LogP contribution in [-0.4, -0.2) is 24.5 Å². The van der Waals surface area contributed by atoms with Crippen molar-refractivity contribution in [1.29, 1.82) is 0 Å². The van der Waals surface area contributed by atoms with Crippen LogP contribution in [0, 0.1) is 0 Å². The van der Waals surface area contributed by atoms with E-state index < -0.39 is 6.10 Å². The second kappa shape index (κ2) is 8.72. The third-order valence-corrected chi connectivity index (χ3v) is 3.45. The van der Waals surface area contributed by atoms with Gasteiger partial charge in [0, 0.05) is 6.54 Å². The zero-order valence-electron chi connectivity index (χ0n) is 13.9. The Morgan fingerprint density at radius 1 is 1.00 bits per heavy atom. The number of anilines is 1. The van der Waals surface area contributed by atoms with Crippen molar-refractivity contribution in [3.05, 3.63) is 60.2 Å². The van der Waals surface area contributed by atoms with Gasteiger partial charge in [0.25, 0.3) is 11.8 Å². The van der Waals surface area contributed by atoms with Crippen LogP contribution in [0.25, 0.3) is 0 Å². The summed E-state index contributed by atoms with van der Waals surface area (Å²) in [5.74, 6) is 0.139. The average Bonchev–Trinajstić information content (AvgIpc) is 2.61. The van der Waals surface area contributed by atoms with Crippen molar-refractivity contribution in [3.8, 4) is 5.75 Å². The van der Waals surface area contributed by atoms with Crippen molar-refractivity contribution in [3.63, 3.8) is 0 Å². The first-order valence-corrected chi connectivity index (χ1v) is 8.05. The van der Waals surface area contributed by atoms with E-state index in [1.807, 2.05) is 32.0 Å². The van der Waals surface area contributed by atoms with Gasteiger partial charge in [-0.2, -0.15) is 0 Å². The van der Waals surface area contributed by atoms with Crippen LogP contribution >= 0.6 is 0 Å². The van der Waals surface area contributed by atoms with E-state index in [2.05, 4.69) is 10.6 Å². The predicted octanol–water partition coefficient (Wildman–Crippen LogP) is 3.23. The molecule has 0 aliphatic carbocycles. The van der Waals surface area contributed by atoms with Crippen LogP contribution in [0.1, 0.15) is 30.6 Å². The SMILES string of the molecule is CCNC(=O)c1ccccc1NC(=O)C(CC)Oc1ccccc1. The highest BCUT2D eigenvalue weighted by Gasteiger charge is 2.20. The molecule has 5 heteroatoms. The molecule has 24 heavy (non-hydrogen) atoms. The number of benzene rings is 2. The molecule has 0 saturated carbocycles. The first-order valence-electron chi connectivity index (χ1n) is 8.05. The molecule has 0 aliphatic rings. The van der Waals surface area contributed by atoms with Gasteiger partial charge in [0.15, 0.2) is 6.10 Å². The van der Waals surface area contributed by atoms with E-state index in [0.717, 1.165) is 0 Å². The molecule has 0 aliphatic heterocycles. The van der Waals surface area contributed by atoms with Crippen LogP contribution in [0.15, 0.2) is 54.6 Å². The van der Waals surface area contributed by atoms with Gasteiger partial charge in [0.2, 0.25) is 0 Å². The Balaban J connectivity index is 2.12. The minimum atomic E-state index is -0.630. The molecular weight excluding hydrogens is 304 g/mol. The number of ether oxygens (including phenoxy) is 1. The number of carbonyl (C=O) groups is 2. The van der Waals surface area contributed by atoms with E-state index in [9.17, 15) is 9.59 Å². The first kappa shape index (κ1) is 17.5. The Morgan fingerprint density at radius 3 is 2.33 bits per heavy atom. The largest absolute Gasteiger partial charge is 0.481 e. The van der Waals surface area contributed by atoms with Crippen molar-refractivity contribution < 1.29 is 14.3 Å². The van der Waals surface area contributed by atoms with Crippen LogP contribution in [0.3, 0.4) is 0 Å². The number of amides is 2. The van der Waals surface area contributed by atoms with E-state index in [4.69, 9.17) is 4.74 Å². The fourth-order valence-electron chi connectivity index (χ4n) is 2.24. The van der Waals surface area contributed by atoms with Crippen LogP contribution in [0.4, 0.5) is 5.69 Å². The fourth-order valence-corrected chi connectivity index (χ4v) is 2.24. The highest BCUT2D eigenvalue weighted by Crippen LogP contribution is 2.18. The Bertz CT molecular complexity index is 686. The lowest BCUT2D eigenvalue weighted by molar-refractivity contribution is -0.122. The number of carbonyl (C=O) groups excluding carboxylic acids is 2. The summed E-state index contributed by atoms with van der Waals surface area (Å²) in [6.07, 6.45) is -0.112. The average molecular weight is 326 g/mol. The maximum absolute atomic E-state index is 12.5. The van der Waals surface area contributed by atoms with Gasteiger partial charge in [0.05, 0.1) is 11.3 Å². The summed E-state index contributed by atoms with van der Waals surface area (Å²) in [5, 5.41) is 5.53. The van der Waals surface area contributed by atoms with Gasteiger partial charge in [-0.1, -0.05) is 37.3 Å². The van der Waals surface area contributed by atoms with E-state index in [1.54, 1.807) is 36.4 Å². The van der Waals surface area contributed by atoms with Crippen molar-refractivity contribution in [2.75, 3.05) is 11.9 Å². The number of hydrogen-bond acceptors (Lipinski definition) is 3. The molecule has 0 saturated heterocycles. The zero-order valence-corrected chi connectivity index (χ0v) is 13.9. The van der Waals surface area contributed by atoms with Crippen molar-refractivity contribution in [2.45, 2.75) is 26.4 Å². The van der Waals surface area contributed by atoms with E-state index in [-0.39, 0.29) is 11.8 Å². The van der Waals surface area contributed by atoms with Crippen LogP contribution in [-0.2, 0) is 4.79 Å². The van der Waals surface area contributed by atoms with Crippen LogP contribution in [0.2, 0.25) is 0 Å². The lowest BCUT2D eigenvalue weighted by atomic mass is 10.1. The molecule has 2 aromatic rings. The Kier molecular flexibility index (Phi) is 6.37. The summed E-state index contributed by atoms with van der Waals surface area (Å²) in [4.78, 5) is 24.6.